The van der Waals surface area contributed by atoms with Crippen molar-refractivity contribution in [3.8, 4) is 0 Å². The lowest BCUT2D eigenvalue weighted by molar-refractivity contribution is -0.148. The van der Waals surface area contributed by atoms with Gasteiger partial charge in [-0.2, -0.15) is 0 Å². The monoisotopic (exact) mass is 382 g/mol. The Bertz CT molecular complexity index is 1060. The first kappa shape index (κ1) is 19.1. The highest BCUT2D eigenvalue weighted by molar-refractivity contribution is 5.95. The van der Waals surface area contributed by atoms with Crippen LogP contribution in [0.15, 0.2) is 53.3 Å². The molecule has 2 aromatic carbocycles. The van der Waals surface area contributed by atoms with E-state index >= 15 is 0 Å². The van der Waals surface area contributed by atoms with Crippen LogP contribution in [0.25, 0.3) is 21.8 Å². The summed E-state index contributed by atoms with van der Waals surface area (Å²) in [5.74, 6) is -1.47. The topological polar surface area (TPSA) is 104 Å². The molecule has 0 radical (unpaired) electrons. The number of esters is 1. The third-order valence-corrected chi connectivity index (χ3v) is 4.05. The van der Waals surface area contributed by atoms with E-state index in [2.05, 4.69) is 4.74 Å². The molecular formula is C20H18N2O6. The highest BCUT2D eigenvalue weighted by Gasteiger charge is 2.15. The van der Waals surface area contributed by atoms with Gasteiger partial charge in [-0.3, -0.25) is 19.7 Å². The van der Waals surface area contributed by atoms with E-state index in [0.717, 1.165) is 0 Å². The van der Waals surface area contributed by atoms with Gasteiger partial charge in [-0.15, -0.1) is 0 Å². The molecule has 0 atom stereocenters. The van der Waals surface area contributed by atoms with E-state index in [1.165, 1.54) is 0 Å². The molecule has 0 aliphatic carbocycles. The van der Waals surface area contributed by atoms with Gasteiger partial charge in [0.25, 0.3) is 5.91 Å². The number of imide groups is 1. The highest BCUT2D eigenvalue weighted by atomic mass is 16.6. The van der Waals surface area contributed by atoms with Gasteiger partial charge in [-0.25, -0.2) is 4.79 Å². The van der Waals surface area contributed by atoms with Crippen LogP contribution in [-0.2, 0) is 25.6 Å². The summed E-state index contributed by atoms with van der Waals surface area (Å²) in [4.78, 5) is 47.8. The van der Waals surface area contributed by atoms with Crippen molar-refractivity contribution >= 4 is 39.8 Å². The fourth-order valence-electron chi connectivity index (χ4n) is 2.89. The van der Waals surface area contributed by atoms with E-state index in [9.17, 15) is 19.2 Å². The zero-order chi connectivity index (χ0) is 20.1. The molecule has 0 unspecified atom stereocenters. The number of alkyl carbamates (subject to hydrolysis) is 1. The van der Waals surface area contributed by atoms with Crippen LogP contribution < -0.4 is 10.7 Å². The normalized spacial score (nSPS) is 10.6. The van der Waals surface area contributed by atoms with Gasteiger partial charge in [-0.1, -0.05) is 24.3 Å². The van der Waals surface area contributed by atoms with Crippen LogP contribution >= 0.6 is 0 Å². The zero-order valence-electron chi connectivity index (χ0n) is 15.1. The van der Waals surface area contributed by atoms with Crippen molar-refractivity contribution in [3.63, 3.8) is 0 Å². The largest absolute Gasteiger partial charge is 0.454 e. The van der Waals surface area contributed by atoms with E-state index in [-0.39, 0.29) is 18.6 Å². The summed E-state index contributed by atoms with van der Waals surface area (Å²) in [6.45, 7) is 0.899. The Morgan fingerprint density at radius 3 is 2.07 bits per heavy atom. The molecule has 28 heavy (non-hydrogen) atoms. The first-order valence-electron chi connectivity index (χ1n) is 8.63. The van der Waals surface area contributed by atoms with Gasteiger partial charge in [-0.05, 0) is 31.2 Å². The maximum atomic E-state index is 12.7. The predicted octanol–water partition coefficient (Wildman–Crippen LogP) is 1.97. The Morgan fingerprint density at radius 1 is 0.929 bits per heavy atom. The zero-order valence-corrected chi connectivity index (χ0v) is 15.1. The molecule has 0 saturated heterocycles. The Hall–Kier alpha value is -3.68. The second-order valence-electron chi connectivity index (χ2n) is 5.88. The molecule has 0 spiro atoms. The smallest absolute Gasteiger partial charge is 0.413 e. The SMILES string of the molecule is CCOC(=O)NC(=O)COC(=O)Cn1c2ccccc2c(=O)c2ccccc21. The number of hydrogen-bond acceptors (Lipinski definition) is 6. The van der Waals surface area contributed by atoms with Gasteiger partial charge < -0.3 is 14.0 Å². The summed E-state index contributed by atoms with van der Waals surface area (Å²) in [5.41, 5.74) is 1.04. The van der Waals surface area contributed by atoms with Crippen LogP contribution in [-0.4, -0.2) is 35.8 Å². The van der Waals surface area contributed by atoms with Crippen molar-refractivity contribution < 1.29 is 23.9 Å². The van der Waals surface area contributed by atoms with E-state index in [4.69, 9.17) is 4.74 Å². The third-order valence-electron chi connectivity index (χ3n) is 4.05. The third kappa shape index (κ3) is 4.01. The molecule has 8 heteroatoms. The highest BCUT2D eigenvalue weighted by Crippen LogP contribution is 2.19. The Morgan fingerprint density at radius 2 is 1.50 bits per heavy atom. The van der Waals surface area contributed by atoms with Crippen molar-refractivity contribution in [1.29, 1.82) is 0 Å². The number of amides is 2. The van der Waals surface area contributed by atoms with Gasteiger partial charge in [0, 0.05) is 10.8 Å². The Kier molecular flexibility index (Phi) is 5.69. The number of ether oxygens (including phenoxy) is 2. The van der Waals surface area contributed by atoms with Crippen LogP contribution in [0.1, 0.15) is 6.92 Å². The summed E-state index contributed by atoms with van der Waals surface area (Å²) in [6.07, 6.45) is -0.902. The molecule has 1 heterocycles. The summed E-state index contributed by atoms with van der Waals surface area (Å²) < 4.78 is 11.2. The number of carbonyl (C=O) groups excluding carboxylic acids is 3. The van der Waals surface area contributed by atoms with E-state index < -0.39 is 24.6 Å². The van der Waals surface area contributed by atoms with Crippen molar-refractivity contribution in [1.82, 2.24) is 9.88 Å². The molecule has 0 bridgehead atoms. The van der Waals surface area contributed by atoms with Crippen molar-refractivity contribution in [2.75, 3.05) is 13.2 Å². The molecule has 1 N–H and O–H groups in total. The number of nitrogens with zero attached hydrogens (tertiary/aromatic N) is 1. The first-order chi connectivity index (χ1) is 13.5. The van der Waals surface area contributed by atoms with Crippen LogP contribution in [0.4, 0.5) is 4.79 Å². The molecule has 2 amide bonds. The van der Waals surface area contributed by atoms with Gasteiger partial charge in [0.05, 0.1) is 17.6 Å². The minimum atomic E-state index is -0.902. The number of aromatic nitrogens is 1. The number of para-hydroxylation sites is 2. The Labute approximate surface area is 159 Å². The van der Waals surface area contributed by atoms with E-state index in [0.29, 0.717) is 21.8 Å². The average molecular weight is 382 g/mol. The molecule has 144 valence electrons. The van der Waals surface area contributed by atoms with Gasteiger partial charge in [0.1, 0.15) is 6.54 Å². The summed E-state index contributed by atoms with van der Waals surface area (Å²) in [6, 6.07) is 13.9. The number of carbonyl (C=O) groups is 3. The molecule has 0 saturated carbocycles. The second kappa shape index (κ2) is 8.34. The van der Waals surface area contributed by atoms with Crippen LogP contribution in [0, 0.1) is 0 Å². The molecule has 0 aliphatic heterocycles. The molecule has 3 rings (SSSR count). The lowest BCUT2D eigenvalue weighted by atomic mass is 10.1. The minimum absolute atomic E-state index is 0.116. The van der Waals surface area contributed by atoms with E-state index in [1.54, 1.807) is 60.0 Å². The quantitative estimate of drug-likeness (QED) is 0.534. The minimum Gasteiger partial charge on any atom is -0.454 e. The predicted molar refractivity (Wildman–Crippen MR) is 102 cm³/mol. The van der Waals surface area contributed by atoms with Crippen molar-refractivity contribution in [2.24, 2.45) is 0 Å². The number of nitrogens with one attached hydrogen (secondary N) is 1. The summed E-state index contributed by atoms with van der Waals surface area (Å²) in [5, 5.41) is 2.90. The lowest BCUT2D eigenvalue weighted by Gasteiger charge is -2.14. The second-order valence-corrected chi connectivity index (χ2v) is 5.88. The van der Waals surface area contributed by atoms with Gasteiger partial charge >= 0.3 is 12.1 Å². The van der Waals surface area contributed by atoms with Crippen LogP contribution in [0.5, 0.6) is 0 Å². The van der Waals surface area contributed by atoms with Gasteiger partial charge in [0.2, 0.25) is 0 Å². The first-order valence-corrected chi connectivity index (χ1v) is 8.63. The number of fused-ring (bicyclic) bond motifs is 2. The Balaban J connectivity index is 1.82. The van der Waals surface area contributed by atoms with Crippen LogP contribution in [0.3, 0.4) is 0 Å². The number of hydrogen-bond donors (Lipinski definition) is 1. The standard InChI is InChI=1S/C20H18N2O6/c1-2-27-20(26)21-17(23)12-28-18(24)11-22-15-9-5-3-7-13(15)19(25)14-8-4-6-10-16(14)22/h3-10H,2,11-12H2,1H3,(H,21,23,26). The fraction of sp³-hybridized carbons (Fsp3) is 0.200. The average Bonchev–Trinajstić information content (AvgIpc) is 2.70. The lowest BCUT2D eigenvalue weighted by Crippen LogP contribution is -2.35. The van der Waals surface area contributed by atoms with Gasteiger partial charge in [0.15, 0.2) is 12.0 Å². The number of pyridine rings is 1. The molecule has 1 aromatic heterocycles. The maximum Gasteiger partial charge on any atom is 0.413 e. The van der Waals surface area contributed by atoms with Crippen molar-refractivity contribution in [3.05, 3.63) is 58.8 Å². The molecule has 0 fully saturated rings. The molecule has 8 nitrogen and oxygen atoms in total. The maximum absolute atomic E-state index is 12.7. The summed E-state index contributed by atoms with van der Waals surface area (Å²) in [7, 11) is 0. The fourth-order valence-corrected chi connectivity index (χ4v) is 2.89. The summed E-state index contributed by atoms with van der Waals surface area (Å²) >= 11 is 0. The van der Waals surface area contributed by atoms with E-state index in [1.807, 2.05) is 5.32 Å². The molecule has 3 aromatic rings. The molecule has 0 aliphatic rings. The molecular weight excluding hydrogens is 364 g/mol. The number of rotatable bonds is 5. The van der Waals surface area contributed by atoms with Crippen LogP contribution in [0.2, 0.25) is 0 Å². The van der Waals surface area contributed by atoms with Crippen molar-refractivity contribution in [2.45, 2.75) is 13.5 Å². The number of benzene rings is 2.